The normalized spacial score (nSPS) is 11.2. The Morgan fingerprint density at radius 1 is 1.43 bits per heavy atom. The molecule has 0 heterocycles. The lowest BCUT2D eigenvalue weighted by molar-refractivity contribution is -0.128. The quantitative estimate of drug-likeness (QED) is 0.739. The smallest absolute Gasteiger partial charge is 0.242 e. The molecule has 3 N–H and O–H groups in total. The van der Waals surface area contributed by atoms with Crippen LogP contribution in [0.25, 0.3) is 0 Å². The van der Waals surface area contributed by atoms with Crippen LogP contribution in [-0.4, -0.2) is 44.9 Å². The van der Waals surface area contributed by atoms with E-state index >= 15 is 0 Å². The van der Waals surface area contributed by atoms with Crippen molar-refractivity contribution >= 4 is 44.7 Å². The fourth-order valence-corrected chi connectivity index (χ4v) is 3.17. The van der Waals surface area contributed by atoms with Gasteiger partial charge in [-0.1, -0.05) is 29.9 Å². The summed E-state index contributed by atoms with van der Waals surface area (Å²) in [4.78, 5) is 12.8. The maximum Gasteiger partial charge on any atom is 0.242 e. The number of hydrogen-bond donors (Lipinski definition) is 2. The lowest BCUT2D eigenvalue weighted by Gasteiger charge is -2.12. The van der Waals surface area contributed by atoms with Gasteiger partial charge in [0.2, 0.25) is 15.9 Å². The Morgan fingerprint density at radius 2 is 2.05 bits per heavy atom. The summed E-state index contributed by atoms with van der Waals surface area (Å²) < 4.78 is 26.5. The van der Waals surface area contributed by atoms with Crippen LogP contribution in [0, 0.1) is 0 Å². The molecule has 1 aromatic rings. The second-order valence-electron chi connectivity index (χ2n) is 4.45. The number of halogens is 1. The highest BCUT2D eigenvalue weighted by Gasteiger charge is 2.18. The standard InChI is InChI=1S/C12H16ClN3O3S2/c1-16(2)11(17)5-6-15-21(18,19)10-4-3-8(12(14)20)7-9(10)13/h3-4,7,15H,5-6H2,1-2H3,(H2,14,20). The van der Waals surface area contributed by atoms with Crippen molar-refractivity contribution in [3.05, 3.63) is 28.8 Å². The topological polar surface area (TPSA) is 92.5 Å². The van der Waals surface area contributed by atoms with E-state index in [-0.39, 0.29) is 33.8 Å². The maximum absolute atomic E-state index is 12.1. The minimum atomic E-state index is -3.79. The predicted molar refractivity (Wildman–Crippen MR) is 85.8 cm³/mol. The van der Waals surface area contributed by atoms with E-state index in [0.29, 0.717) is 5.56 Å². The average Bonchev–Trinajstić information content (AvgIpc) is 2.37. The van der Waals surface area contributed by atoms with Gasteiger partial charge >= 0.3 is 0 Å². The van der Waals surface area contributed by atoms with Crippen molar-refractivity contribution in [1.82, 2.24) is 9.62 Å². The van der Waals surface area contributed by atoms with Crippen LogP contribution in [0.15, 0.2) is 23.1 Å². The summed E-state index contributed by atoms with van der Waals surface area (Å²) in [6, 6.07) is 4.20. The van der Waals surface area contributed by atoms with Crippen molar-refractivity contribution in [3.63, 3.8) is 0 Å². The van der Waals surface area contributed by atoms with Crippen molar-refractivity contribution in [2.75, 3.05) is 20.6 Å². The van der Waals surface area contributed by atoms with Gasteiger partial charge in [-0.2, -0.15) is 0 Å². The van der Waals surface area contributed by atoms with Crippen molar-refractivity contribution in [2.45, 2.75) is 11.3 Å². The van der Waals surface area contributed by atoms with E-state index in [2.05, 4.69) is 4.72 Å². The van der Waals surface area contributed by atoms with E-state index in [1.165, 1.54) is 23.1 Å². The van der Waals surface area contributed by atoms with Gasteiger partial charge in [-0.25, -0.2) is 13.1 Å². The largest absolute Gasteiger partial charge is 0.389 e. The number of hydrogen-bond acceptors (Lipinski definition) is 4. The van der Waals surface area contributed by atoms with E-state index in [9.17, 15) is 13.2 Å². The van der Waals surface area contributed by atoms with Gasteiger partial charge in [0.05, 0.1) is 5.02 Å². The monoisotopic (exact) mass is 349 g/mol. The highest BCUT2D eigenvalue weighted by atomic mass is 35.5. The number of carbonyl (C=O) groups is 1. The molecule has 1 aromatic carbocycles. The molecular weight excluding hydrogens is 334 g/mol. The molecule has 21 heavy (non-hydrogen) atoms. The Balaban J connectivity index is 2.84. The molecule has 0 aliphatic rings. The molecular formula is C12H16ClN3O3S2. The summed E-state index contributed by atoms with van der Waals surface area (Å²) in [5, 5.41) is 0.0201. The summed E-state index contributed by atoms with van der Waals surface area (Å²) in [5.74, 6) is -0.173. The molecule has 0 radical (unpaired) electrons. The maximum atomic E-state index is 12.1. The number of benzene rings is 1. The van der Waals surface area contributed by atoms with E-state index in [4.69, 9.17) is 29.6 Å². The Hall–Kier alpha value is -1.22. The van der Waals surface area contributed by atoms with E-state index in [1.54, 1.807) is 14.1 Å². The highest BCUT2D eigenvalue weighted by Crippen LogP contribution is 2.22. The van der Waals surface area contributed by atoms with Crippen LogP contribution >= 0.6 is 23.8 Å². The van der Waals surface area contributed by atoms with Gasteiger partial charge in [0, 0.05) is 32.6 Å². The van der Waals surface area contributed by atoms with Crippen molar-refractivity contribution in [2.24, 2.45) is 5.73 Å². The van der Waals surface area contributed by atoms with Crippen LogP contribution in [0.3, 0.4) is 0 Å². The zero-order chi connectivity index (χ0) is 16.2. The van der Waals surface area contributed by atoms with Crippen LogP contribution in [0.5, 0.6) is 0 Å². The lowest BCUT2D eigenvalue weighted by Crippen LogP contribution is -2.30. The van der Waals surface area contributed by atoms with Gasteiger partial charge in [0.15, 0.2) is 0 Å². The Morgan fingerprint density at radius 3 is 2.52 bits per heavy atom. The molecule has 0 atom stereocenters. The second-order valence-corrected chi connectivity index (χ2v) is 7.03. The van der Waals surface area contributed by atoms with Gasteiger partial charge in [-0.3, -0.25) is 4.79 Å². The highest BCUT2D eigenvalue weighted by molar-refractivity contribution is 7.89. The molecule has 0 saturated heterocycles. The van der Waals surface area contributed by atoms with Crippen LogP contribution in [-0.2, 0) is 14.8 Å². The van der Waals surface area contributed by atoms with Gasteiger partial charge in [0.25, 0.3) is 0 Å². The number of nitrogens with zero attached hydrogens (tertiary/aromatic N) is 1. The first-order chi connectivity index (χ1) is 9.65. The number of nitrogens with two attached hydrogens (primary N) is 1. The number of carbonyl (C=O) groups excluding carboxylic acids is 1. The molecule has 0 bridgehead atoms. The minimum absolute atomic E-state index is 0.00721. The molecule has 6 nitrogen and oxygen atoms in total. The molecule has 0 unspecified atom stereocenters. The van der Waals surface area contributed by atoms with Gasteiger partial charge in [-0.05, 0) is 12.1 Å². The molecule has 0 aliphatic heterocycles. The zero-order valence-corrected chi connectivity index (χ0v) is 14.0. The Bertz CT molecular complexity index is 660. The zero-order valence-electron chi connectivity index (χ0n) is 11.6. The SMILES string of the molecule is CN(C)C(=O)CCNS(=O)(=O)c1ccc(C(N)=S)cc1Cl. The third-order valence-corrected chi connectivity index (χ3v) is 4.82. The Kier molecular flexibility index (Phi) is 6.09. The van der Waals surface area contributed by atoms with Crippen LogP contribution < -0.4 is 10.5 Å². The van der Waals surface area contributed by atoms with Gasteiger partial charge in [0.1, 0.15) is 9.88 Å². The lowest BCUT2D eigenvalue weighted by atomic mass is 10.2. The summed E-state index contributed by atoms with van der Waals surface area (Å²) in [6.45, 7) is -0.00721. The number of nitrogens with one attached hydrogen (secondary N) is 1. The summed E-state index contributed by atoms with van der Waals surface area (Å²) in [6.07, 6.45) is 0.0643. The Labute approximate surface area is 134 Å². The minimum Gasteiger partial charge on any atom is -0.389 e. The molecule has 1 rings (SSSR count). The molecule has 116 valence electrons. The van der Waals surface area contributed by atoms with Crippen LogP contribution in [0.2, 0.25) is 5.02 Å². The molecule has 0 aliphatic carbocycles. The molecule has 0 saturated carbocycles. The summed E-state index contributed by atoms with van der Waals surface area (Å²) in [5.41, 5.74) is 5.93. The van der Waals surface area contributed by atoms with Crippen LogP contribution in [0.1, 0.15) is 12.0 Å². The van der Waals surface area contributed by atoms with Crippen LogP contribution in [0.4, 0.5) is 0 Å². The molecule has 9 heteroatoms. The third kappa shape index (κ3) is 4.92. The summed E-state index contributed by atoms with van der Waals surface area (Å²) >= 11 is 10.7. The molecule has 0 spiro atoms. The number of amides is 1. The predicted octanol–water partition coefficient (Wildman–Crippen LogP) is 0.731. The molecule has 1 amide bonds. The summed E-state index contributed by atoms with van der Waals surface area (Å²) in [7, 11) is -0.593. The second kappa shape index (κ2) is 7.17. The molecule has 0 aromatic heterocycles. The first kappa shape index (κ1) is 17.8. The van der Waals surface area contributed by atoms with Crippen molar-refractivity contribution < 1.29 is 13.2 Å². The van der Waals surface area contributed by atoms with E-state index in [0.717, 1.165) is 0 Å². The fourth-order valence-electron chi connectivity index (χ4n) is 1.47. The average molecular weight is 350 g/mol. The van der Waals surface area contributed by atoms with Gasteiger partial charge in [-0.15, -0.1) is 0 Å². The van der Waals surface area contributed by atoms with Crippen molar-refractivity contribution in [1.29, 1.82) is 0 Å². The molecule has 0 fully saturated rings. The number of sulfonamides is 1. The van der Waals surface area contributed by atoms with Gasteiger partial charge < -0.3 is 10.6 Å². The first-order valence-corrected chi connectivity index (χ1v) is 8.21. The van der Waals surface area contributed by atoms with E-state index in [1.807, 2.05) is 0 Å². The van der Waals surface area contributed by atoms with Crippen molar-refractivity contribution in [3.8, 4) is 0 Å². The fraction of sp³-hybridized carbons (Fsp3) is 0.333. The first-order valence-electron chi connectivity index (χ1n) is 5.94. The number of rotatable bonds is 6. The number of thiocarbonyl (C=S) groups is 1. The van der Waals surface area contributed by atoms with E-state index < -0.39 is 10.0 Å². The third-order valence-electron chi connectivity index (χ3n) is 2.64.